The Morgan fingerprint density at radius 3 is 2.73 bits per heavy atom. The van der Waals surface area contributed by atoms with Gasteiger partial charge in [0.05, 0.1) is 17.4 Å². The van der Waals surface area contributed by atoms with Crippen LogP contribution >= 0.6 is 0 Å². The van der Waals surface area contributed by atoms with Gasteiger partial charge in [0.1, 0.15) is 5.82 Å². The third-order valence-electron chi connectivity index (χ3n) is 4.88. The summed E-state index contributed by atoms with van der Waals surface area (Å²) in [6.07, 6.45) is 0. The standard InChI is InChI=1S/C17H19N7O2/c1-9-19-16(21-20-9)12-8-24(7-11(12)15(18)25)17(26)14-10-5-3-4-6-13(10)23(2)22-14/h3-6,11-12H,7-8H2,1-2H3,(H2,18,25)(H,19,20,21). The second kappa shape index (κ2) is 5.94. The number of carbonyl (C=O) groups excluding carboxylic acids is 2. The molecule has 1 aliphatic rings. The molecule has 3 aromatic rings. The van der Waals surface area contributed by atoms with E-state index in [0.29, 0.717) is 23.9 Å². The maximum absolute atomic E-state index is 13.1. The Labute approximate surface area is 149 Å². The molecular formula is C17H19N7O2. The van der Waals surface area contributed by atoms with Crippen molar-refractivity contribution in [2.45, 2.75) is 12.8 Å². The van der Waals surface area contributed by atoms with Gasteiger partial charge in [-0.15, -0.1) is 0 Å². The fourth-order valence-corrected chi connectivity index (χ4v) is 3.57. The summed E-state index contributed by atoms with van der Waals surface area (Å²) in [5, 5.41) is 12.1. The van der Waals surface area contributed by atoms with Gasteiger partial charge in [0.25, 0.3) is 5.91 Å². The van der Waals surface area contributed by atoms with Crippen molar-refractivity contribution in [3.63, 3.8) is 0 Å². The van der Waals surface area contributed by atoms with Crippen molar-refractivity contribution in [3.05, 3.63) is 41.6 Å². The van der Waals surface area contributed by atoms with Crippen LogP contribution in [0.2, 0.25) is 0 Å². The fourth-order valence-electron chi connectivity index (χ4n) is 3.57. The molecule has 9 nitrogen and oxygen atoms in total. The third-order valence-corrected chi connectivity index (χ3v) is 4.88. The number of hydrogen-bond acceptors (Lipinski definition) is 5. The van der Waals surface area contributed by atoms with Crippen LogP contribution in [0.15, 0.2) is 24.3 Å². The maximum atomic E-state index is 13.1. The first-order valence-corrected chi connectivity index (χ1v) is 8.35. The van der Waals surface area contributed by atoms with E-state index < -0.39 is 11.8 Å². The highest BCUT2D eigenvalue weighted by Crippen LogP contribution is 2.32. The molecule has 1 aromatic carbocycles. The third kappa shape index (κ3) is 2.52. The van der Waals surface area contributed by atoms with Crippen molar-refractivity contribution < 1.29 is 9.59 Å². The molecule has 0 radical (unpaired) electrons. The number of nitrogens with one attached hydrogen (secondary N) is 1. The van der Waals surface area contributed by atoms with Crippen LogP contribution in [0.3, 0.4) is 0 Å². The summed E-state index contributed by atoms with van der Waals surface area (Å²) in [7, 11) is 1.80. The molecule has 9 heteroatoms. The van der Waals surface area contributed by atoms with Crippen molar-refractivity contribution in [2.24, 2.45) is 18.7 Å². The van der Waals surface area contributed by atoms with Crippen LogP contribution in [0.25, 0.3) is 10.9 Å². The van der Waals surface area contributed by atoms with Gasteiger partial charge in [-0.05, 0) is 13.0 Å². The van der Waals surface area contributed by atoms with Crippen LogP contribution in [0.5, 0.6) is 0 Å². The predicted octanol–water partition coefficient (Wildman–Crippen LogP) is 0.341. The van der Waals surface area contributed by atoms with Gasteiger partial charge in [-0.2, -0.15) is 10.2 Å². The van der Waals surface area contributed by atoms with Crippen molar-refractivity contribution in [1.82, 2.24) is 29.9 Å². The zero-order valence-electron chi connectivity index (χ0n) is 14.5. The van der Waals surface area contributed by atoms with Crippen molar-refractivity contribution in [1.29, 1.82) is 0 Å². The summed E-state index contributed by atoms with van der Waals surface area (Å²) in [5.74, 6) is -0.363. The van der Waals surface area contributed by atoms with Crippen LogP contribution in [0.4, 0.5) is 0 Å². The number of rotatable bonds is 3. The van der Waals surface area contributed by atoms with Crippen molar-refractivity contribution in [3.8, 4) is 0 Å². The summed E-state index contributed by atoms with van der Waals surface area (Å²) < 4.78 is 1.68. The Morgan fingerprint density at radius 2 is 2.04 bits per heavy atom. The lowest BCUT2D eigenvalue weighted by atomic mass is 9.95. The minimum Gasteiger partial charge on any atom is -0.369 e. The number of aromatic amines is 1. The number of aryl methyl sites for hydroxylation is 2. The minimum atomic E-state index is -0.524. The van der Waals surface area contributed by atoms with Gasteiger partial charge in [0.15, 0.2) is 11.5 Å². The molecule has 0 spiro atoms. The highest BCUT2D eigenvalue weighted by molar-refractivity contribution is 6.05. The number of likely N-dealkylation sites (tertiary alicyclic amines) is 1. The summed E-state index contributed by atoms with van der Waals surface area (Å²) >= 11 is 0. The number of nitrogens with two attached hydrogens (primary N) is 1. The Kier molecular flexibility index (Phi) is 3.71. The van der Waals surface area contributed by atoms with Gasteiger partial charge >= 0.3 is 0 Å². The number of benzene rings is 1. The lowest BCUT2D eigenvalue weighted by molar-refractivity contribution is -0.121. The SMILES string of the molecule is Cc1nc(C2CN(C(=O)c3nn(C)c4ccccc34)CC2C(N)=O)n[nH]1. The molecule has 3 heterocycles. The average Bonchev–Trinajstić information content (AvgIpc) is 3.32. The van der Waals surface area contributed by atoms with E-state index in [2.05, 4.69) is 20.3 Å². The smallest absolute Gasteiger partial charge is 0.275 e. The Bertz CT molecular complexity index is 1010. The molecule has 134 valence electrons. The number of para-hydroxylation sites is 1. The van der Waals surface area contributed by atoms with E-state index in [4.69, 9.17) is 5.73 Å². The molecule has 0 bridgehead atoms. The number of aromatic nitrogens is 5. The Hall–Kier alpha value is -3.23. The Balaban J connectivity index is 1.67. The van der Waals surface area contributed by atoms with E-state index in [-0.39, 0.29) is 18.4 Å². The molecule has 0 aliphatic carbocycles. The van der Waals surface area contributed by atoms with Gasteiger partial charge in [-0.25, -0.2) is 4.98 Å². The molecule has 2 amide bonds. The van der Waals surface area contributed by atoms with Crippen LogP contribution < -0.4 is 5.73 Å². The van der Waals surface area contributed by atoms with E-state index in [1.54, 1.807) is 23.6 Å². The lowest BCUT2D eigenvalue weighted by Gasteiger charge is -2.14. The molecule has 1 aliphatic heterocycles. The van der Waals surface area contributed by atoms with E-state index in [1.165, 1.54) is 0 Å². The largest absolute Gasteiger partial charge is 0.369 e. The molecule has 2 aromatic heterocycles. The minimum absolute atomic E-state index is 0.220. The topological polar surface area (TPSA) is 123 Å². The second-order valence-electron chi connectivity index (χ2n) is 6.59. The first-order chi connectivity index (χ1) is 12.5. The van der Waals surface area contributed by atoms with Gasteiger partial charge in [-0.3, -0.25) is 19.4 Å². The average molecular weight is 353 g/mol. The number of fused-ring (bicyclic) bond motifs is 1. The van der Waals surface area contributed by atoms with Gasteiger partial charge in [0.2, 0.25) is 5.91 Å². The molecule has 4 rings (SSSR count). The molecule has 2 atom stereocenters. The number of amides is 2. The van der Waals surface area contributed by atoms with E-state index in [9.17, 15) is 9.59 Å². The fraction of sp³-hybridized carbons (Fsp3) is 0.353. The van der Waals surface area contributed by atoms with E-state index >= 15 is 0 Å². The summed E-state index contributed by atoms with van der Waals surface area (Å²) in [6.45, 7) is 2.35. The van der Waals surface area contributed by atoms with E-state index in [1.807, 2.05) is 24.3 Å². The zero-order valence-corrected chi connectivity index (χ0v) is 14.5. The maximum Gasteiger partial charge on any atom is 0.275 e. The van der Waals surface area contributed by atoms with Crippen LogP contribution in [0, 0.1) is 12.8 Å². The number of primary amides is 1. The van der Waals surface area contributed by atoms with Gasteiger partial charge in [0, 0.05) is 25.5 Å². The first kappa shape index (κ1) is 16.2. The number of H-pyrrole nitrogens is 1. The highest BCUT2D eigenvalue weighted by Gasteiger charge is 2.42. The molecule has 0 saturated carbocycles. The Morgan fingerprint density at radius 1 is 1.27 bits per heavy atom. The highest BCUT2D eigenvalue weighted by atomic mass is 16.2. The van der Waals surface area contributed by atoms with Crippen LogP contribution in [-0.2, 0) is 11.8 Å². The zero-order chi connectivity index (χ0) is 18.4. The second-order valence-corrected chi connectivity index (χ2v) is 6.59. The van der Waals surface area contributed by atoms with Crippen molar-refractivity contribution >= 4 is 22.7 Å². The monoisotopic (exact) mass is 353 g/mol. The quantitative estimate of drug-likeness (QED) is 0.703. The molecule has 3 N–H and O–H groups in total. The molecule has 2 unspecified atom stereocenters. The number of hydrogen-bond donors (Lipinski definition) is 2. The summed E-state index contributed by atoms with van der Waals surface area (Å²) in [6, 6.07) is 7.55. The molecule has 1 saturated heterocycles. The van der Waals surface area contributed by atoms with Crippen molar-refractivity contribution in [2.75, 3.05) is 13.1 Å². The summed E-state index contributed by atoms with van der Waals surface area (Å²) in [5.41, 5.74) is 6.82. The molecule has 26 heavy (non-hydrogen) atoms. The van der Waals surface area contributed by atoms with Crippen LogP contribution in [0.1, 0.15) is 28.1 Å². The molecule has 1 fully saturated rings. The number of nitrogens with zero attached hydrogens (tertiary/aromatic N) is 5. The van der Waals surface area contributed by atoms with E-state index in [0.717, 1.165) is 10.9 Å². The number of carbonyl (C=O) groups is 2. The summed E-state index contributed by atoms with van der Waals surface area (Å²) in [4.78, 5) is 30.9. The first-order valence-electron chi connectivity index (χ1n) is 8.35. The van der Waals surface area contributed by atoms with Gasteiger partial charge in [-0.1, -0.05) is 18.2 Å². The lowest BCUT2D eigenvalue weighted by Crippen LogP contribution is -2.32. The van der Waals surface area contributed by atoms with Gasteiger partial charge < -0.3 is 10.6 Å². The van der Waals surface area contributed by atoms with Crippen LogP contribution in [-0.4, -0.2) is 54.8 Å². The molecular weight excluding hydrogens is 334 g/mol. The normalized spacial score (nSPS) is 20.0. The predicted molar refractivity (Wildman–Crippen MR) is 93.2 cm³/mol.